The van der Waals surface area contributed by atoms with E-state index in [-0.39, 0.29) is 12.3 Å². The molecule has 1 amide bonds. The Morgan fingerprint density at radius 3 is 2.63 bits per heavy atom. The van der Waals surface area contributed by atoms with Crippen LogP contribution in [0.2, 0.25) is 0 Å². The van der Waals surface area contributed by atoms with Gasteiger partial charge >= 0.3 is 5.97 Å². The molecule has 1 rings (SSSR count). The molecule has 1 heterocycles. The minimum atomic E-state index is -0.781. The standard InChI is InChI=1S/C13H19N3O3/c1-9-11(8-15-10(2)16-9)13(19)14-7-5-3-4-6-12(17)18/h8H,3-7H2,1-2H3,(H,14,19)(H,17,18). The Hall–Kier alpha value is -1.98. The lowest BCUT2D eigenvalue weighted by Crippen LogP contribution is -2.25. The summed E-state index contributed by atoms with van der Waals surface area (Å²) in [6.07, 6.45) is 3.90. The zero-order valence-electron chi connectivity index (χ0n) is 11.3. The summed E-state index contributed by atoms with van der Waals surface area (Å²) in [5, 5.41) is 11.3. The third-order valence-corrected chi connectivity index (χ3v) is 2.70. The summed E-state index contributed by atoms with van der Waals surface area (Å²) in [6.45, 7) is 4.08. The van der Waals surface area contributed by atoms with Gasteiger partial charge in [-0.1, -0.05) is 6.42 Å². The van der Waals surface area contributed by atoms with Crippen molar-refractivity contribution in [3.05, 3.63) is 23.3 Å². The molecule has 19 heavy (non-hydrogen) atoms. The van der Waals surface area contributed by atoms with E-state index in [1.54, 1.807) is 13.8 Å². The van der Waals surface area contributed by atoms with Gasteiger partial charge in [-0.25, -0.2) is 9.97 Å². The second kappa shape index (κ2) is 7.45. The van der Waals surface area contributed by atoms with Crippen LogP contribution in [0.5, 0.6) is 0 Å². The number of carbonyl (C=O) groups excluding carboxylic acids is 1. The van der Waals surface area contributed by atoms with Gasteiger partial charge in [0.05, 0.1) is 11.3 Å². The van der Waals surface area contributed by atoms with E-state index in [1.165, 1.54) is 6.20 Å². The molecule has 0 aromatic carbocycles. The smallest absolute Gasteiger partial charge is 0.303 e. The zero-order valence-corrected chi connectivity index (χ0v) is 11.3. The molecule has 0 aliphatic rings. The fourth-order valence-electron chi connectivity index (χ4n) is 1.68. The number of aromatic nitrogens is 2. The molecule has 0 unspecified atom stereocenters. The monoisotopic (exact) mass is 265 g/mol. The highest BCUT2D eigenvalue weighted by molar-refractivity contribution is 5.94. The largest absolute Gasteiger partial charge is 0.481 e. The second-order valence-electron chi connectivity index (χ2n) is 4.38. The highest BCUT2D eigenvalue weighted by Crippen LogP contribution is 2.04. The van der Waals surface area contributed by atoms with E-state index in [1.807, 2.05) is 0 Å². The number of aryl methyl sites for hydroxylation is 2. The van der Waals surface area contributed by atoms with Crippen molar-refractivity contribution in [2.45, 2.75) is 39.5 Å². The summed E-state index contributed by atoms with van der Waals surface area (Å²) in [4.78, 5) is 30.3. The molecule has 0 saturated carbocycles. The summed E-state index contributed by atoms with van der Waals surface area (Å²) in [6, 6.07) is 0. The first-order chi connectivity index (χ1) is 9.00. The van der Waals surface area contributed by atoms with Gasteiger partial charge in [-0.3, -0.25) is 9.59 Å². The fourth-order valence-corrected chi connectivity index (χ4v) is 1.68. The Labute approximate surface area is 112 Å². The maximum atomic E-state index is 11.8. The van der Waals surface area contributed by atoms with Gasteiger partial charge in [0.2, 0.25) is 0 Å². The van der Waals surface area contributed by atoms with Crippen LogP contribution in [-0.2, 0) is 4.79 Å². The van der Waals surface area contributed by atoms with Crippen LogP contribution in [0, 0.1) is 13.8 Å². The van der Waals surface area contributed by atoms with Gasteiger partial charge in [-0.2, -0.15) is 0 Å². The number of hydrogen-bond donors (Lipinski definition) is 2. The lowest BCUT2D eigenvalue weighted by molar-refractivity contribution is -0.137. The predicted octanol–water partition coefficient (Wildman–Crippen LogP) is 1.47. The highest BCUT2D eigenvalue weighted by Gasteiger charge is 2.09. The lowest BCUT2D eigenvalue weighted by Gasteiger charge is -2.07. The number of unbranched alkanes of at least 4 members (excludes halogenated alkanes) is 2. The Bertz CT molecular complexity index is 460. The number of rotatable bonds is 7. The first-order valence-corrected chi connectivity index (χ1v) is 6.31. The van der Waals surface area contributed by atoms with Gasteiger partial charge in [0.25, 0.3) is 5.91 Å². The molecular formula is C13H19N3O3. The van der Waals surface area contributed by atoms with E-state index < -0.39 is 5.97 Å². The molecule has 0 aliphatic heterocycles. The third kappa shape index (κ3) is 5.46. The van der Waals surface area contributed by atoms with Crippen LogP contribution in [0.25, 0.3) is 0 Å². The number of carboxylic acids is 1. The number of amides is 1. The summed E-state index contributed by atoms with van der Waals surface area (Å²) < 4.78 is 0. The summed E-state index contributed by atoms with van der Waals surface area (Å²) in [5.41, 5.74) is 1.15. The van der Waals surface area contributed by atoms with Crippen LogP contribution in [-0.4, -0.2) is 33.5 Å². The fraction of sp³-hybridized carbons (Fsp3) is 0.538. The van der Waals surface area contributed by atoms with E-state index >= 15 is 0 Å². The summed E-state index contributed by atoms with van der Waals surface area (Å²) >= 11 is 0. The Morgan fingerprint density at radius 2 is 2.00 bits per heavy atom. The summed E-state index contributed by atoms with van der Waals surface area (Å²) in [7, 11) is 0. The minimum Gasteiger partial charge on any atom is -0.481 e. The second-order valence-corrected chi connectivity index (χ2v) is 4.38. The predicted molar refractivity (Wildman–Crippen MR) is 69.9 cm³/mol. The van der Waals surface area contributed by atoms with Crippen molar-refractivity contribution in [2.75, 3.05) is 6.54 Å². The normalized spacial score (nSPS) is 10.2. The molecule has 0 radical (unpaired) electrons. The average Bonchev–Trinajstić information content (AvgIpc) is 2.32. The third-order valence-electron chi connectivity index (χ3n) is 2.70. The average molecular weight is 265 g/mol. The van der Waals surface area contributed by atoms with Gasteiger partial charge in [0.15, 0.2) is 0 Å². The van der Waals surface area contributed by atoms with Gasteiger partial charge in [-0.15, -0.1) is 0 Å². The van der Waals surface area contributed by atoms with Crippen molar-refractivity contribution >= 4 is 11.9 Å². The van der Waals surface area contributed by atoms with E-state index in [0.717, 1.165) is 12.8 Å². The maximum absolute atomic E-state index is 11.8. The van der Waals surface area contributed by atoms with Crippen LogP contribution in [0.15, 0.2) is 6.20 Å². The number of nitrogens with zero attached hydrogens (tertiary/aromatic N) is 2. The molecule has 0 bridgehead atoms. The van der Waals surface area contributed by atoms with Crippen molar-refractivity contribution in [1.29, 1.82) is 0 Å². The highest BCUT2D eigenvalue weighted by atomic mass is 16.4. The molecule has 2 N–H and O–H groups in total. The van der Waals surface area contributed by atoms with E-state index in [4.69, 9.17) is 5.11 Å². The van der Waals surface area contributed by atoms with Crippen molar-refractivity contribution in [3.8, 4) is 0 Å². The molecule has 0 atom stereocenters. The van der Waals surface area contributed by atoms with Crippen LogP contribution in [0.1, 0.15) is 47.6 Å². The molecule has 0 aliphatic carbocycles. The maximum Gasteiger partial charge on any atom is 0.303 e. The topological polar surface area (TPSA) is 92.2 Å². The van der Waals surface area contributed by atoms with Crippen LogP contribution in [0.3, 0.4) is 0 Å². The number of carbonyl (C=O) groups is 2. The number of nitrogens with one attached hydrogen (secondary N) is 1. The minimum absolute atomic E-state index is 0.179. The molecule has 0 fully saturated rings. The van der Waals surface area contributed by atoms with Crippen LogP contribution in [0.4, 0.5) is 0 Å². The van der Waals surface area contributed by atoms with Crippen molar-refractivity contribution in [1.82, 2.24) is 15.3 Å². The van der Waals surface area contributed by atoms with Crippen molar-refractivity contribution in [2.24, 2.45) is 0 Å². The Kier molecular flexibility index (Phi) is 5.92. The first-order valence-electron chi connectivity index (χ1n) is 6.31. The number of aliphatic carboxylic acids is 1. The molecular weight excluding hydrogens is 246 g/mol. The van der Waals surface area contributed by atoms with Crippen molar-refractivity contribution in [3.63, 3.8) is 0 Å². The number of carboxylic acid groups (broad SMARTS) is 1. The van der Waals surface area contributed by atoms with E-state index in [0.29, 0.717) is 30.0 Å². The quantitative estimate of drug-likeness (QED) is 0.728. The van der Waals surface area contributed by atoms with Gasteiger partial charge in [0.1, 0.15) is 5.82 Å². The van der Waals surface area contributed by atoms with Gasteiger partial charge < -0.3 is 10.4 Å². The lowest BCUT2D eigenvalue weighted by atomic mass is 10.2. The molecule has 104 valence electrons. The molecule has 6 nitrogen and oxygen atoms in total. The van der Waals surface area contributed by atoms with Crippen LogP contribution < -0.4 is 5.32 Å². The van der Waals surface area contributed by atoms with Gasteiger partial charge in [0, 0.05) is 19.2 Å². The number of hydrogen-bond acceptors (Lipinski definition) is 4. The first kappa shape index (κ1) is 15.1. The molecule has 1 aromatic rings. The molecule has 6 heteroatoms. The van der Waals surface area contributed by atoms with Gasteiger partial charge in [-0.05, 0) is 26.7 Å². The van der Waals surface area contributed by atoms with Crippen molar-refractivity contribution < 1.29 is 14.7 Å². The zero-order chi connectivity index (χ0) is 14.3. The van der Waals surface area contributed by atoms with E-state index in [9.17, 15) is 9.59 Å². The van der Waals surface area contributed by atoms with Crippen LogP contribution >= 0.6 is 0 Å². The Morgan fingerprint density at radius 1 is 1.26 bits per heavy atom. The molecule has 0 saturated heterocycles. The molecule has 0 spiro atoms. The summed E-state index contributed by atoms with van der Waals surface area (Å²) in [5.74, 6) is -0.324. The molecule has 1 aromatic heterocycles. The Balaban J connectivity index is 2.29. The SMILES string of the molecule is Cc1ncc(C(=O)NCCCCCC(=O)O)c(C)n1. The van der Waals surface area contributed by atoms with E-state index in [2.05, 4.69) is 15.3 Å².